The molecule has 1 atom stereocenters. The highest BCUT2D eigenvalue weighted by molar-refractivity contribution is 5.70. The Balaban J connectivity index is 3.49. The van der Waals surface area contributed by atoms with Crippen LogP contribution in [0.5, 0.6) is 0 Å². The number of ether oxygens (including phenoxy) is 2. The molecule has 5 nitrogen and oxygen atoms in total. The summed E-state index contributed by atoms with van der Waals surface area (Å²) in [6.07, 6.45) is 35.9. The monoisotopic (exact) mass is 653 g/mol. The molecule has 0 saturated carbocycles. The van der Waals surface area contributed by atoms with Crippen molar-refractivity contribution in [3.05, 3.63) is 0 Å². The largest absolute Gasteiger partial charge is 0.462 e. The molecule has 0 aromatic rings. The van der Waals surface area contributed by atoms with Gasteiger partial charge >= 0.3 is 11.9 Å². The van der Waals surface area contributed by atoms with Crippen molar-refractivity contribution in [1.82, 2.24) is 0 Å². The number of unbranched alkanes of at least 4 members (excludes halogenated alkanes) is 24. The van der Waals surface area contributed by atoms with Crippen LogP contribution in [0.2, 0.25) is 0 Å². The predicted molar refractivity (Wildman–Crippen MR) is 196 cm³/mol. The lowest BCUT2D eigenvalue weighted by Gasteiger charge is -2.15. The summed E-state index contributed by atoms with van der Waals surface area (Å²) >= 11 is 0. The van der Waals surface area contributed by atoms with Crippen LogP contribution in [0.25, 0.3) is 0 Å². The smallest absolute Gasteiger partial charge is 0.306 e. The van der Waals surface area contributed by atoms with Crippen LogP contribution in [-0.2, 0) is 19.1 Å². The fraction of sp³-hybridized carbons (Fsp3) is 0.951. The van der Waals surface area contributed by atoms with Gasteiger partial charge < -0.3 is 14.6 Å². The first-order valence-electron chi connectivity index (χ1n) is 20.3. The van der Waals surface area contributed by atoms with Gasteiger partial charge in [0.15, 0.2) is 6.10 Å². The van der Waals surface area contributed by atoms with Crippen LogP contribution >= 0.6 is 0 Å². The number of aliphatic hydroxyl groups excluding tert-OH is 1. The summed E-state index contributed by atoms with van der Waals surface area (Å²) in [5.41, 5.74) is 0. The Labute approximate surface area is 287 Å². The van der Waals surface area contributed by atoms with Crippen LogP contribution in [-0.4, -0.2) is 36.4 Å². The molecule has 0 bridgehead atoms. The van der Waals surface area contributed by atoms with Gasteiger partial charge in [0.2, 0.25) is 0 Å². The molecule has 0 aliphatic carbocycles. The van der Waals surface area contributed by atoms with Gasteiger partial charge in [-0.1, -0.05) is 195 Å². The average molecular weight is 653 g/mol. The number of carbonyl (C=O) groups is 2. The van der Waals surface area contributed by atoms with E-state index in [1.807, 2.05) is 0 Å². The quantitative estimate of drug-likeness (QED) is 0.0538. The number of esters is 2. The lowest BCUT2D eigenvalue weighted by molar-refractivity contribution is -0.161. The fourth-order valence-electron chi connectivity index (χ4n) is 6.16. The summed E-state index contributed by atoms with van der Waals surface area (Å²) in [6.45, 7) is 8.86. The standard InChI is InChI=1S/C41H80O5/c1-37(2)31-27-23-19-15-11-8-6-5-7-9-13-17-21-25-29-33-40(43)45-36-39(35-42)46-41(44)34-30-26-22-18-14-10-12-16-20-24-28-32-38(3)4/h37-39,42H,5-36H2,1-4H3/t39-/m0/s1. The van der Waals surface area contributed by atoms with Crippen LogP contribution in [0.3, 0.4) is 0 Å². The first-order chi connectivity index (χ1) is 22.3. The molecule has 1 N–H and O–H groups in total. The molecule has 0 fully saturated rings. The Morgan fingerprint density at radius 1 is 0.435 bits per heavy atom. The van der Waals surface area contributed by atoms with Crippen molar-refractivity contribution < 1.29 is 24.2 Å². The van der Waals surface area contributed by atoms with Crippen molar-refractivity contribution >= 4 is 11.9 Å². The van der Waals surface area contributed by atoms with Crippen molar-refractivity contribution in [2.45, 2.75) is 226 Å². The molecule has 0 aromatic carbocycles. The first-order valence-corrected chi connectivity index (χ1v) is 20.3. The molecule has 0 aliphatic heterocycles. The second kappa shape index (κ2) is 35.2. The lowest BCUT2D eigenvalue weighted by Crippen LogP contribution is -2.28. The molecule has 0 saturated heterocycles. The molecular weight excluding hydrogens is 572 g/mol. The van der Waals surface area contributed by atoms with Gasteiger partial charge in [0.05, 0.1) is 6.61 Å². The highest BCUT2D eigenvalue weighted by Crippen LogP contribution is 2.16. The van der Waals surface area contributed by atoms with Crippen LogP contribution < -0.4 is 0 Å². The van der Waals surface area contributed by atoms with Crippen molar-refractivity contribution in [2.75, 3.05) is 13.2 Å². The normalized spacial score (nSPS) is 12.2. The van der Waals surface area contributed by atoms with Crippen LogP contribution in [0.4, 0.5) is 0 Å². The minimum Gasteiger partial charge on any atom is -0.462 e. The van der Waals surface area contributed by atoms with Crippen molar-refractivity contribution in [3.63, 3.8) is 0 Å². The van der Waals surface area contributed by atoms with E-state index < -0.39 is 6.10 Å². The zero-order valence-corrected chi connectivity index (χ0v) is 31.4. The molecule has 0 aliphatic rings. The van der Waals surface area contributed by atoms with E-state index in [0.29, 0.717) is 12.8 Å². The van der Waals surface area contributed by atoms with Gasteiger partial charge in [0, 0.05) is 12.8 Å². The number of rotatable bonds is 36. The molecule has 0 unspecified atom stereocenters. The molecule has 0 rings (SSSR count). The van der Waals surface area contributed by atoms with Crippen molar-refractivity contribution in [3.8, 4) is 0 Å². The van der Waals surface area contributed by atoms with E-state index in [9.17, 15) is 14.7 Å². The van der Waals surface area contributed by atoms with Gasteiger partial charge in [-0.3, -0.25) is 9.59 Å². The Morgan fingerprint density at radius 3 is 1.02 bits per heavy atom. The second-order valence-electron chi connectivity index (χ2n) is 15.0. The van der Waals surface area contributed by atoms with Gasteiger partial charge in [0.1, 0.15) is 6.61 Å². The highest BCUT2D eigenvalue weighted by Gasteiger charge is 2.16. The van der Waals surface area contributed by atoms with Gasteiger partial charge in [-0.25, -0.2) is 0 Å². The number of carbonyl (C=O) groups excluding carboxylic acids is 2. The van der Waals surface area contributed by atoms with Gasteiger partial charge in [-0.05, 0) is 24.7 Å². The third kappa shape index (κ3) is 35.7. The molecule has 274 valence electrons. The molecule has 0 amide bonds. The predicted octanol–water partition coefficient (Wildman–Crippen LogP) is 12.4. The van der Waals surface area contributed by atoms with Gasteiger partial charge in [-0.15, -0.1) is 0 Å². The van der Waals surface area contributed by atoms with E-state index in [4.69, 9.17) is 9.47 Å². The van der Waals surface area contributed by atoms with E-state index >= 15 is 0 Å². The number of hydrogen-bond donors (Lipinski definition) is 1. The Morgan fingerprint density at radius 2 is 0.717 bits per heavy atom. The van der Waals surface area contributed by atoms with Crippen LogP contribution in [0, 0.1) is 11.8 Å². The maximum atomic E-state index is 12.2. The molecule has 46 heavy (non-hydrogen) atoms. The zero-order chi connectivity index (χ0) is 33.9. The van der Waals surface area contributed by atoms with Crippen LogP contribution in [0.15, 0.2) is 0 Å². The Kier molecular flexibility index (Phi) is 34.4. The highest BCUT2D eigenvalue weighted by atomic mass is 16.6. The minimum absolute atomic E-state index is 0.0584. The summed E-state index contributed by atoms with van der Waals surface area (Å²) < 4.78 is 10.6. The molecule has 0 radical (unpaired) electrons. The Hall–Kier alpha value is -1.10. The maximum Gasteiger partial charge on any atom is 0.306 e. The molecule has 0 heterocycles. The molecule has 0 aromatic heterocycles. The summed E-state index contributed by atoms with van der Waals surface area (Å²) in [5, 5.41) is 9.55. The maximum absolute atomic E-state index is 12.2. The summed E-state index contributed by atoms with van der Waals surface area (Å²) in [6, 6.07) is 0. The van der Waals surface area contributed by atoms with E-state index in [2.05, 4.69) is 27.7 Å². The average Bonchev–Trinajstić information content (AvgIpc) is 3.02. The summed E-state index contributed by atoms with van der Waals surface area (Å²) in [7, 11) is 0. The number of aliphatic hydroxyl groups is 1. The fourth-order valence-corrected chi connectivity index (χ4v) is 6.16. The van der Waals surface area contributed by atoms with Crippen molar-refractivity contribution in [2.24, 2.45) is 11.8 Å². The number of hydrogen-bond acceptors (Lipinski definition) is 5. The minimum atomic E-state index is -0.763. The van der Waals surface area contributed by atoms with E-state index in [-0.39, 0.29) is 25.2 Å². The van der Waals surface area contributed by atoms with E-state index in [0.717, 1.165) is 43.9 Å². The molecule has 0 spiro atoms. The third-order valence-electron chi connectivity index (χ3n) is 9.26. The van der Waals surface area contributed by atoms with Crippen molar-refractivity contribution in [1.29, 1.82) is 0 Å². The summed E-state index contributed by atoms with van der Waals surface area (Å²) in [5.74, 6) is 1.11. The third-order valence-corrected chi connectivity index (χ3v) is 9.26. The second-order valence-corrected chi connectivity index (χ2v) is 15.0. The molecule has 5 heteroatoms. The molecular formula is C41H80O5. The van der Waals surface area contributed by atoms with Crippen LogP contribution in [0.1, 0.15) is 220 Å². The van der Waals surface area contributed by atoms with E-state index in [1.54, 1.807) is 0 Å². The Bertz CT molecular complexity index is 647. The van der Waals surface area contributed by atoms with Gasteiger partial charge in [0.25, 0.3) is 0 Å². The lowest BCUT2D eigenvalue weighted by atomic mass is 10.0. The van der Waals surface area contributed by atoms with E-state index in [1.165, 1.54) is 148 Å². The SMILES string of the molecule is CC(C)CCCCCCCCCCCCCCCCCC(=O)OC[C@H](CO)OC(=O)CCCCCCCCCCCCCC(C)C. The summed E-state index contributed by atoms with van der Waals surface area (Å²) in [4.78, 5) is 24.3. The van der Waals surface area contributed by atoms with Gasteiger partial charge in [-0.2, -0.15) is 0 Å². The topological polar surface area (TPSA) is 72.8 Å². The zero-order valence-electron chi connectivity index (χ0n) is 31.4. The first kappa shape index (κ1) is 44.9.